The Morgan fingerprint density at radius 3 is 2.89 bits per heavy atom. The number of thiazole rings is 1. The number of carbonyl (C=O) groups excluding carboxylic acids is 1. The molecule has 1 heterocycles. The molecule has 0 aliphatic heterocycles. The Hall–Kier alpha value is -1.35. The van der Waals surface area contributed by atoms with Gasteiger partial charge in [0.2, 0.25) is 0 Å². The van der Waals surface area contributed by atoms with E-state index < -0.39 is 0 Å². The zero-order valence-corrected chi connectivity index (χ0v) is 12.5. The van der Waals surface area contributed by atoms with Gasteiger partial charge < -0.3 is 16.4 Å². The number of nitrogens with zero attached hydrogens (tertiary/aromatic N) is 1. The summed E-state index contributed by atoms with van der Waals surface area (Å²) in [6.07, 6.45) is 0. The number of hydrogen-bond donors (Lipinski definition) is 3. The highest BCUT2D eigenvalue weighted by Crippen LogP contribution is 2.25. The maximum absolute atomic E-state index is 12.0. The van der Waals surface area contributed by atoms with Gasteiger partial charge in [-0.3, -0.25) is 4.79 Å². The van der Waals surface area contributed by atoms with Crippen LogP contribution in [0.2, 0.25) is 0 Å². The van der Waals surface area contributed by atoms with Crippen molar-refractivity contribution >= 4 is 56.5 Å². The quantitative estimate of drug-likeness (QED) is 0.722. The molecule has 2 aromatic rings. The average molecular weight is 374 g/mol. The highest BCUT2D eigenvalue weighted by Gasteiger charge is 2.15. The first-order chi connectivity index (χ1) is 8.60. The number of anilines is 3. The largest absolute Gasteiger partial charge is 0.382 e. The van der Waals surface area contributed by atoms with E-state index in [0.29, 0.717) is 10.0 Å². The standard InChI is InChI=1S/C11H11IN4OS/c1-14-11-16-9(13)8(18-11)10(17)15-7-4-2-3-6(12)5-7/h2-5H,13H2,1H3,(H,14,16)(H,15,17). The predicted octanol–water partition coefficient (Wildman–Crippen LogP) is 2.62. The van der Waals surface area contributed by atoms with E-state index in [1.54, 1.807) is 7.05 Å². The molecule has 0 saturated heterocycles. The molecule has 1 aromatic heterocycles. The van der Waals surface area contributed by atoms with Gasteiger partial charge in [0.1, 0.15) is 10.7 Å². The van der Waals surface area contributed by atoms with Gasteiger partial charge in [0.05, 0.1) is 0 Å². The summed E-state index contributed by atoms with van der Waals surface area (Å²) in [6.45, 7) is 0. The molecule has 0 radical (unpaired) electrons. The van der Waals surface area contributed by atoms with Crippen molar-refractivity contribution in [2.75, 3.05) is 23.4 Å². The summed E-state index contributed by atoms with van der Waals surface area (Å²) in [5.41, 5.74) is 6.44. The zero-order chi connectivity index (χ0) is 13.1. The third-order valence-electron chi connectivity index (χ3n) is 2.16. The van der Waals surface area contributed by atoms with Crippen molar-refractivity contribution in [1.29, 1.82) is 0 Å². The van der Waals surface area contributed by atoms with Crippen molar-refractivity contribution in [3.8, 4) is 0 Å². The van der Waals surface area contributed by atoms with Crippen LogP contribution in [-0.4, -0.2) is 17.9 Å². The maximum Gasteiger partial charge on any atom is 0.269 e. The van der Waals surface area contributed by atoms with E-state index in [9.17, 15) is 4.79 Å². The molecule has 5 nitrogen and oxygen atoms in total. The number of amides is 1. The van der Waals surface area contributed by atoms with E-state index in [-0.39, 0.29) is 11.7 Å². The second-order valence-electron chi connectivity index (χ2n) is 3.45. The molecule has 4 N–H and O–H groups in total. The summed E-state index contributed by atoms with van der Waals surface area (Å²) < 4.78 is 1.05. The molecule has 0 aliphatic rings. The molecule has 7 heteroatoms. The summed E-state index contributed by atoms with van der Waals surface area (Å²) in [6, 6.07) is 7.55. The summed E-state index contributed by atoms with van der Waals surface area (Å²) in [7, 11) is 1.74. The highest BCUT2D eigenvalue weighted by atomic mass is 127. The van der Waals surface area contributed by atoms with Crippen LogP contribution >= 0.6 is 33.9 Å². The number of halogens is 1. The highest BCUT2D eigenvalue weighted by molar-refractivity contribution is 14.1. The fraction of sp³-hybridized carbons (Fsp3) is 0.0909. The van der Waals surface area contributed by atoms with Gasteiger partial charge in [0.25, 0.3) is 5.91 Å². The van der Waals surface area contributed by atoms with Gasteiger partial charge in [-0.25, -0.2) is 4.98 Å². The first-order valence-corrected chi connectivity index (χ1v) is 7.00. The van der Waals surface area contributed by atoms with E-state index in [1.165, 1.54) is 11.3 Å². The molecule has 0 unspecified atom stereocenters. The van der Waals surface area contributed by atoms with Crippen LogP contribution in [0.1, 0.15) is 9.67 Å². The first kappa shape index (κ1) is 13.1. The van der Waals surface area contributed by atoms with Crippen molar-refractivity contribution in [2.24, 2.45) is 0 Å². The molecule has 0 atom stereocenters. The Balaban J connectivity index is 2.19. The molecule has 0 bridgehead atoms. The van der Waals surface area contributed by atoms with Crippen LogP contribution in [0.25, 0.3) is 0 Å². The van der Waals surface area contributed by atoms with Gasteiger partial charge in [-0.15, -0.1) is 0 Å². The number of hydrogen-bond acceptors (Lipinski definition) is 5. The van der Waals surface area contributed by atoms with Crippen LogP contribution in [0.3, 0.4) is 0 Å². The Kier molecular flexibility index (Phi) is 4.02. The summed E-state index contributed by atoms with van der Waals surface area (Å²) in [5.74, 6) is 0.000906. The third-order valence-corrected chi connectivity index (χ3v) is 3.91. The summed E-state index contributed by atoms with van der Waals surface area (Å²) in [4.78, 5) is 16.5. The van der Waals surface area contributed by atoms with Crippen molar-refractivity contribution < 1.29 is 4.79 Å². The second-order valence-corrected chi connectivity index (χ2v) is 5.69. The smallest absolute Gasteiger partial charge is 0.269 e. The lowest BCUT2D eigenvalue weighted by Crippen LogP contribution is -2.12. The van der Waals surface area contributed by atoms with Crippen LogP contribution in [0.4, 0.5) is 16.6 Å². The van der Waals surface area contributed by atoms with Crippen LogP contribution in [0.5, 0.6) is 0 Å². The molecule has 1 amide bonds. The fourth-order valence-corrected chi connectivity index (χ4v) is 2.63. The molecule has 0 fully saturated rings. The molecule has 94 valence electrons. The van der Waals surface area contributed by atoms with Crippen molar-refractivity contribution in [1.82, 2.24) is 4.98 Å². The van der Waals surface area contributed by atoms with Crippen LogP contribution < -0.4 is 16.4 Å². The van der Waals surface area contributed by atoms with E-state index >= 15 is 0 Å². The molecular weight excluding hydrogens is 363 g/mol. The predicted molar refractivity (Wildman–Crippen MR) is 83.2 cm³/mol. The zero-order valence-electron chi connectivity index (χ0n) is 9.53. The van der Waals surface area contributed by atoms with Gasteiger partial charge in [0, 0.05) is 16.3 Å². The number of benzene rings is 1. The van der Waals surface area contributed by atoms with Gasteiger partial charge in [0.15, 0.2) is 5.13 Å². The summed E-state index contributed by atoms with van der Waals surface area (Å²) >= 11 is 3.42. The minimum absolute atomic E-state index is 0.242. The van der Waals surface area contributed by atoms with Gasteiger partial charge in [-0.2, -0.15) is 0 Å². The lowest BCUT2D eigenvalue weighted by atomic mass is 10.3. The number of rotatable bonds is 3. The number of aromatic nitrogens is 1. The molecule has 0 spiro atoms. The maximum atomic E-state index is 12.0. The number of carbonyl (C=O) groups is 1. The molecular formula is C11H11IN4OS. The number of nitrogen functional groups attached to an aromatic ring is 1. The van der Waals surface area contributed by atoms with Gasteiger partial charge >= 0.3 is 0 Å². The Morgan fingerprint density at radius 1 is 1.50 bits per heavy atom. The van der Waals surface area contributed by atoms with E-state index in [0.717, 1.165) is 9.26 Å². The van der Waals surface area contributed by atoms with Gasteiger partial charge in [-0.05, 0) is 40.8 Å². The number of nitrogens with one attached hydrogen (secondary N) is 2. The summed E-state index contributed by atoms with van der Waals surface area (Å²) in [5, 5.41) is 6.28. The SMILES string of the molecule is CNc1nc(N)c(C(=O)Nc2cccc(I)c2)s1. The van der Waals surface area contributed by atoms with Crippen LogP contribution in [0.15, 0.2) is 24.3 Å². The average Bonchev–Trinajstić information content (AvgIpc) is 2.70. The molecule has 0 aliphatic carbocycles. The van der Waals surface area contributed by atoms with E-state index in [4.69, 9.17) is 5.73 Å². The fourth-order valence-electron chi connectivity index (χ4n) is 1.36. The van der Waals surface area contributed by atoms with Crippen LogP contribution in [0, 0.1) is 3.57 Å². The van der Waals surface area contributed by atoms with Crippen molar-refractivity contribution in [2.45, 2.75) is 0 Å². The minimum Gasteiger partial charge on any atom is -0.382 e. The molecule has 1 aromatic carbocycles. The molecule has 2 rings (SSSR count). The van der Waals surface area contributed by atoms with E-state index in [1.807, 2.05) is 24.3 Å². The lowest BCUT2D eigenvalue weighted by molar-refractivity contribution is 0.103. The Morgan fingerprint density at radius 2 is 2.28 bits per heavy atom. The Bertz CT molecular complexity index is 584. The van der Waals surface area contributed by atoms with Crippen LogP contribution in [-0.2, 0) is 0 Å². The van der Waals surface area contributed by atoms with E-state index in [2.05, 4.69) is 38.2 Å². The topological polar surface area (TPSA) is 80.0 Å². The van der Waals surface area contributed by atoms with Crippen molar-refractivity contribution in [3.05, 3.63) is 32.7 Å². The lowest BCUT2D eigenvalue weighted by Gasteiger charge is -2.03. The second kappa shape index (κ2) is 5.53. The Labute approximate surface area is 122 Å². The number of nitrogens with two attached hydrogens (primary N) is 1. The first-order valence-electron chi connectivity index (χ1n) is 5.11. The normalized spacial score (nSPS) is 10.1. The van der Waals surface area contributed by atoms with Gasteiger partial charge in [-0.1, -0.05) is 17.4 Å². The third kappa shape index (κ3) is 2.91. The monoisotopic (exact) mass is 374 g/mol. The minimum atomic E-state index is -0.242. The molecule has 18 heavy (non-hydrogen) atoms. The van der Waals surface area contributed by atoms with Crippen molar-refractivity contribution in [3.63, 3.8) is 0 Å². The molecule has 0 saturated carbocycles.